The van der Waals surface area contributed by atoms with Crippen molar-refractivity contribution in [1.82, 2.24) is 4.98 Å². The largest absolute Gasteiger partial charge is 0.370 e. The van der Waals surface area contributed by atoms with Crippen molar-refractivity contribution in [3.05, 3.63) is 22.8 Å². The number of rotatable bonds is 4. The second kappa shape index (κ2) is 5.33. The van der Waals surface area contributed by atoms with Crippen LogP contribution in [0.25, 0.3) is 0 Å². The van der Waals surface area contributed by atoms with Gasteiger partial charge in [0.2, 0.25) is 5.91 Å². The molecule has 1 amide bonds. The van der Waals surface area contributed by atoms with E-state index in [-0.39, 0.29) is 17.6 Å². The minimum absolute atomic E-state index is 0.157. The zero-order valence-corrected chi connectivity index (χ0v) is 9.45. The highest BCUT2D eigenvalue weighted by molar-refractivity contribution is 6.29. The monoisotopic (exact) mass is 238 g/mol. The summed E-state index contributed by atoms with van der Waals surface area (Å²) >= 11 is 5.72. The number of aromatic nitrogens is 1. The molecule has 0 saturated heterocycles. The van der Waals surface area contributed by atoms with Gasteiger partial charge in [-0.2, -0.15) is 5.26 Å². The molecule has 1 unspecified atom stereocenters. The number of carbonyl (C=O) groups excluding carboxylic acids is 1. The highest BCUT2D eigenvalue weighted by atomic mass is 35.5. The number of anilines is 1. The number of hydrogen-bond donors (Lipinski definition) is 2. The lowest BCUT2D eigenvalue weighted by atomic mass is 10.2. The maximum Gasteiger partial charge on any atom is 0.219 e. The lowest BCUT2D eigenvalue weighted by Crippen LogP contribution is -2.24. The zero-order chi connectivity index (χ0) is 12.1. The van der Waals surface area contributed by atoms with Crippen LogP contribution in [0.3, 0.4) is 0 Å². The van der Waals surface area contributed by atoms with Crippen LogP contribution in [0, 0.1) is 11.3 Å². The van der Waals surface area contributed by atoms with Crippen LogP contribution in [0.5, 0.6) is 0 Å². The van der Waals surface area contributed by atoms with Crippen molar-refractivity contribution in [3.63, 3.8) is 0 Å². The average Bonchev–Trinajstić information content (AvgIpc) is 2.14. The molecule has 0 aliphatic rings. The first-order valence-electron chi connectivity index (χ1n) is 4.64. The molecule has 1 atom stereocenters. The lowest BCUT2D eigenvalue weighted by Gasteiger charge is -2.12. The molecule has 0 spiro atoms. The van der Waals surface area contributed by atoms with Crippen molar-refractivity contribution in [2.45, 2.75) is 19.4 Å². The molecule has 1 aromatic heterocycles. The highest BCUT2D eigenvalue weighted by Crippen LogP contribution is 2.14. The van der Waals surface area contributed by atoms with E-state index >= 15 is 0 Å². The van der Waals surface area contributed by atoms with Crippen molar-refractivity contribution in [2.75, 3.05) is 5.32 Å². The molecule has 0 radical (unpaired) electrons. The van der Waals surface area contributed by atoms with E-state index in [1.807, 2.05) is 6.07 Å². The van der Waals surface area contributed by atoms with E-state index in [9.17, 15) is 4.79 Å². The van der Waals surface area contributed by atoms with Gasteiger partial charge < -0.3 is 11.1 Å². The molecule has 0 aromatic carbocycles. The summed E-state index contributed by atoms with van der Waals surface area (Å²) in [5.74, 6) is 0.0559. The molecule has 1 rings (SSSR count). The zero-order valence-electron chi connectivity index (χ0n) is 8.70. The molecule has 0 saturated carbocycles. The first-order valence-corrected chi connectivity index (χ1v) is 5.01. The smallest absolute Gasteiger partial charge is 0.219 e. The number of hydrogen-bond acceptors (Lipinski definition) is 4. The van der Waals surface area contributed by atoms with E-state index in [0.29, 0.717) is 11.4 Å². The summed E-state index contributed by atoms with van der Waals surface area (Å²) < 4.78 is 0. The summed E-state index contributed by atoms with van der Waals surface area (Å²) in [7, 11) is 0. The van der Waals surface area contributed by atoms with Crippen LogP contribution in [-0.4, -0.2) is 16.9 Å². The number of nitrogens with one attached hydrogen (secondary N) is 1. The van der Waals surface area contributed by atoms with Crippen LogP contribution in [-0.2, 0) is 4.79 Å². The molecule has 0 aliphatic heterocycles. The molecule has 16 heavy (non-hydrogen) atoms. The fourth-order valence-corrected chi connectivity index (χ4v) is 1.45. The van der Waals surface area contributed by atoms with Gasteiger partial charge in [-0.25, -0.2) is 4.98 Å². The van der Waals surface area contributed by atoms with Gasteiger partial charge in [-0.15, -0.1) is 0 Å². The van der Waals surface area contributed by atoms with E-state index in [2.05, 4.69) is 10.3 Å². The average molecular weight is 239 g/mol. The first-order chi connectivity index (χ1) is 7.51. The summed E-state index contributed by atoms with van der Waals surface area (Å²) in [6.45, 7) is 1.79. The normalized spacial score (nSPS) is 11.6. The molecule has 5 nitrogen and oxygen atoms in total. The predicted molar refractivity (Wildman–Crippen MR) is 60.9 cm³/mol. The Bertz CT molecular complexity index is 441. The summed E-state index contributed by atoms with van der Waals surface area (Å²) in [5.41, 5.74) is 5.47. The molecule has 1 heterocycles. The van der Waals surface area contributed by atoms with Gasteiger partial charge in [0, 0.05) is 12.5 Å². The highest BCUT2D eigenvalue weighted by Gasteiger charge is 2.07. The third kappa shape index (κ3) is 3.75. The predicted octanol–water partition coefficient (Wildman–Crippen LogP) is 1.28. The van der Waals surface area contributed by atoms with Crippen molar-refractivity contribution in [3.8, 4) is 6.07 Å². The minimum Gasteiger partial charge on any atom is -0.370 e. The van der Waals surface area contributed by atoms with Gasteiger partial charge in [0.25, 0.3) is 0 Å². The molecule has 3 N–H and O–H groups in total. The second-order valence-electron chi connectivity index (χ2n) is 3.39. The van der Waals surface area contributed by atoms with E-state index < -0.39 is 5.91 Å². The van der Waals surface area contributed by atoms with Gasteiger partial charge in [0.05, 0.1) is 11.6 Å². The van der Waals surface area contributed by atoms with Crippen LogP contribution < -0.4 is 11.1 Å². The summed E-state index contributed by atoms with van der Waals surface area (Å²) in [6.07, 6.45) is 0.191. The number of nitrogens with zero attached hydrogens (tertiary/aromatic N) is 2. The summed E-state index contributed by atoms with van der Waals surface area (Å²) in [5, 5.41) is 11.9. The number of primary amides is 1. The van der Waals surface area contributed by atoms with Gasteiger partial charge in [-0.1, -0.05) is 11.6 Å². The number of amides is 1. The third-order valence-corrected chi connectivity index (χ3v) is 2.02. The third-order valence-electron chi connectivity index (χ3n) is 1.82. The second-order valence-corrected chi connectivity index (χ2v) is 3.78. The van der Waals surface area contributed by atoms with Crippen LogP contribution in [0.15, 0.2) is 12.1 Å². The van der Waals surface area contributed by atoms with Crippen molar-refractivity contribution in [2.24, 2.45) is 5.73 Å². The van der Waals surface area contributed by atoms with Crippen LogP contribution in [0.4, 0.5) is 5.82 Å². The van der Waals surface area contributed by atoms with Gasteiger partial charge in [0.15, 0.2) is 0 Å². The molecular weight excluding hydrogens is 228 g/mol. The maximum absolute atomic E-state index is 10.7. The Balaban J connectivity index is 2.77. The number of pyridine rings is 1. The van der Waals surface area contributed by atoms with Crippen molar-refractivity contribution >= 4 is 23.3 Å². The summed E-state index contributed by atoms with van der Waals surface area (Å²) in [4.78, 5) is 14.7. The first kappa shape index (κ1) is 12.3. The molecule has 1 aromatic rings. The number of nitrogens with two attached hydrogens (primary N) is 1. The minimum atomic E-state index is -0.400. The van der Waals surface area contributed by atoms with E-state index in [4.69, 9.17) is 22.6 Å². The Morgan fingerprint density at radius 2 is 2.44 bits per heavy atom. The van der Waals surface area contributed by atoms with E-state index in [1.54, 1.807) is 13.0 Å². The number of carbonyl (C=O) groups is 1. The van der Waals surface area contributed by atoms with Gasteiger partial charge >= 0.3 is 0 Å². The number of halogens is 1. The molecule has 0 aliphatic carbocycles. The Morgan fingerprint density at radius 3 is 3.00 bits per heavy atom. The van der Waals surface area contributed by atoms with Gasteiger partial charge in [-0.3, -0.25) is 4.79 Å². The van der Waals surface area contributed by atoms with E-state index in [0.717, 1.165) is 0 Å². The van der Waals surface area contributed by atoms with Gasteiger partial charge in [-0.05, 0) is 19.1 Å². The fraction of sp³-hybridized carbons (Fsp3) is 0.300. The maximum atomic E-state index is 10.7. The Kier molecular flexibility index (Phi) is 4.09. The van der Waals surface area contributed by atoms with Crippen molar-refractivity contribution < 1.29 is 4.79 Å². The fourth-order valence-electron chi connectivity index (χ4n) is 1.24. The molecule has 0 bridgehead atoms. The molecule has 6 heteroatoms. The van der Waals surface area contributed by atoms with Gasteiger partial charge in [0.1, 0.15) is 11.0 Å². The Morgan fingerprint density at radius 1 is 1.75 bits per heavy atom. The Labute approximate surface area is 98.2 Å². The van der Waals surface area contributed by atoms with Crippen LogP contribution in [0.2, 0.25) is 5.15 Å². The van der Waals surface area contributed by atoms with Crippen molar-refractivity contribution in [1.29, 1.82) is 5.26 Å². The SMILES string of the molecule is CC(CC(N)=O)Nc1cc(C#N)cc(Cl)n1. The standard InChI is InChI=1S/C10H11ClN4O/c1-6(2-9(13)16)14-10-4-7(5-12)3-8(11)15-10/h3-4,6H,2H2,1H3,(H2,13,16)(H,14,15). The quantitative estimate of drug-likeness (QED) is 0.773. The van der Waals surface area contributed by atoms with Crippen LogP contribution >= 0.6 is 11.6 Å². The summed E-state index contributed by atoms with van der Waals surface area (Å²) in [6, 6.07) is 4.83. The van der Waals surface area contributed by atoms with E-state index in [1.165, 1.54) is 6.07 Å². The van der Waals surface area contributed by atoms with Crippen LogP contribution in [0.1, 0.15) is 18.9 Å². The molecular formula is C10H11ClN4O. The number of nitriles is 1. The molecule has 0 fully saturated rings. The lowest BCUT2D eigenvalue weighted by molar-refractivity contribution is -0.118. The molecule has 84 valence electrons. The topological polar surface area (TPSA) is 91.8 Å². The Hall–Kier alpha value is -1.80.